The summed E-state index contributed by atoms with van der Waals surface area (Å²) in [7, 11) is 0. The van der Waals surface area contributed by atoms with E-state index in [1.807, 2.05) is 6.07 Å². The molecule has 0 aliphatic rings. The molecule has 0 amide bonds. The van der Waals surface area contributed by atoms with Gasteiger partial charge >= 0.3 is 6.36 Å². The van der Waals surface area contributed by atoms with E-state index in [2.05, 4.69) is 40.4 Å². The van der Waals surface area contributed by atoms with Crippen LogP contribution in [0, 0.1) is 13.8 Å². The maximum atomic E-state index is 12.2. The highest BCUT2D eigenvalue weighted by molar-refractivity contribution is 5.93. The summed E-state index contributed by atoms with van der Waals surface area (Å²) in [5, 5.41) is 4.48. The molecule has 3 aromatic rings. The smallest absolute Gasteiger partial charge is 0.406 e. The number of nitrogens with one attached hydrogen (secondary N) is 1. The normalized spacial score (nSPS) is 11.4. The third-order valence-corrected chi connectivity index (χ3v) is 4.61. The van der Waals surface area contributed by atoms with E-state index >= 15 is 0 Å². The predicted octanol–water partition coefficient (Wildman–Crippen LogP) is 6.00. The van der Waals surface area contributed by atoms with E-state index in [1.54, 1.807) is 18.3 Å². The van der Waals surface area contributed by atoms with Gasteiger partial charge in [-0.3, -0.25) is 0 Å². The number of hydrogen-bond donors (Lipinski definition) is 1. The first-order valence-electron chi connectivity index (χ1n) is 8.83. The molecule has 0 saturated carbocycles. The fourth-order valence-electron chi connectivity index (χ4n) is 3.22. The van der Waals surface area contributed by atoms with Crippen molar-refractivity contribution in [2.75, 3.05) is 5.32 Å². The molecule has 1 aromatic carbocycles. The van der Waals surface area contributed by atoms with Gasteiger partial charge in [-0.15, -0.1) is 25.6 Å². The largest absolute Gasteiger partial charge is 0.573 e. The van der Waals surface area contributed by atoms with Crippen molar-refractivity contribution in [1.29, 1.82) is 0 Å². The van der Waals surface area contributed by atoms with Gasteiger partial charge in [-0.05, 0) is 49.6 Å². The van der Waals surface area contributed by atoms with Gasteiger partial charge in [-0.25, -0.2) is 4.98 Å². The minimum atomic E-state index is -4.68. The van der Waals surface area contributed by atoms with Crippen LogP contribution in [-0.2, 0) is 13.1 Å². The van der Waals surface area contributed by atoms with Crippen molar-refractivity contribution < 1.29 is 17.9 Å². The number of aryl methyl sites for hydroxylation is 2. The predicted molar refractivity (Wildman–Crippen MR) is 107 cm³/mol. The van der Waals surface area contributed by atoms with Crippen LogP contribution in [0.2, 0.25) is 0 Å². The van der Waals surface area contributed by atoms with Crippen molar-refractivity contribution in [3.8, 4) is 5.75 Å². The average Bonchev–Trinajstić information content (AvgIpc) is 2.86. The summed E-state index contributed by atoms with van der Waals surface area (Å²) < 4.78 is 42.9. The molecule has 2 aromatic heterocycles. The molecule has 0 aliphatic carbocycles. The third-order valence-electron chi connectivity index (χ3n) is 4.61. The zero-order valence-electron chi connectivity index (χ0n) is 15.9. The molecule has 152 valence electrons. The van der Waals surface area contributed by atoms with Crippen LogP contribution < -0.4 is 10.1 Å². The Bertz CT molecular complexity index is 937. The number of benzene rings is 1. The Morgan fingerprint density at radius 1 is 1.11 bits per heavy atom. The maximum absolute atomic E-state index is 12.2. The van der Waals surface area contributed by atoms with E-state index in [9.17, 15) is 13.2 Å². The molecular formula is C20H23ClF3N3O. The van der Waals surface area contributed by atoms with Gasteiger partial charge in [0, 0.05) is 30.4 Å². The Balaban J connectivity index is 0.00000280. The van der Waals surface area contributed by atoms with Crippen molar-refractivity contribution in [2.24, 2.45) is 0 Å². The molecule has 0 atom stereocenters. The number of halogens is 4. The Kier molecular flexibility index (Phi) is 6.82. The quantitative estimate of drug-likeness (QED) is 0.539. The number of alkyl halides is 3. The highest BCUT2D eigenvalue weighted by atomic mass is 35.5. The summed E-state index contributed by atoms with van der Waals surface area (Å²) in [4.78, 5) is 4.48. The van der Waals surface area contributed by atoms with Gasteiger partial charge < -0.3 is 14.6 Å². The summed E-state index contributed by atoms with van der Waals surface area (Å²) in [6, 6.07) is 7.85. The van der Waals surface area contributed by atoms with Crippen LogP contribution >= 0.6 is 12.4 Å². The number of hydrogen-bond acceptors (Lipinski definition) is 3. The third kappa shape index (κ3) is 4.70. The fourth-order valence-corrected chi connectivity index (χ4v) is 3.22. The summed E-state index contributed by atoms with van der Waals surface area (Å²) in [6.07, 6.45) is -1.90. The second kappa shape index (κ2) is 8.73. The number of pyridine rings is 1. The molecule has 0 fully saturated rings. The second-order valence-electron chi connectivity index (χ2n) is 6.46. The number of aromatic nitrogens is 2. The first-order valence-corrected chi connectivity index (χ1v) is 8.83. The van der Waals surface area contributed by atoms with Crippen molar-refractivity contribution in [3.63, 3.8) is 0 Å². The lowest BCUT2D eigenvalue weighted by molar-refractivity contribution is -0.274. The van der Waals surface area contributed by atoms with Gasteiger partial charge in [-0.2, -0.15) is 0 Å². The van der Waals surface area contributed by atoms with Gasteiger partial charge in [0.15, 0.2) is 5.82 Å². The van der Waals surface area contributed by atoms with Crippen molar-refractivity contribution in [2.45, 2.75) is 46.6 Å². The zero-order chi connectivity index (χ0) is 19.6. The first kappa shape index (κ1) is 21.9. The second-order valence-corrected chi connectivity index (χ2v) is 6.46. The van der Waals surface area contributed by atoms with Crippen molar-refractivity contribution in [1.82, 2.24) is 9.55 Å². The minimum Gasteiger partial charge on any atom is -0.406 e. The van der Waals surface area contributed by atoms with Crippen LogP contribution in [-0.4, -0.2) is 15.9 Å². The molecule has 0 spiro atoms. The molecule has 0 saturated heterocycles. The summed E-state index contributed by atoms with van der Waals surface area (Å²) in [6.45, 7) is 7.70. The maximum Gasteiger partial charge on any atom is 0.573 e. The molecule has 1 N–H and O–H groups in total. The minimum absolute atomic E-state index is 0. The fraction of sp³-hybridized carbons (Fsp3) is 0.350. The SMILES string of the molecule is CCCn1c(C)c(C)c2ccnc(NCc3ccc(OC(F)(F)F)cc3)c21.Cl. The Hall–Kier alpha value is -2.41. The number of anilines is 1. The molecular weight excluding hydrogens is 391 g/mol. The van der Waals surface area contributed by atoms with Crippen molar-refractivity contribution >= 4 is 29.1 Å². The Labute approximate surface area is 168 Å². The zero-order valence-corrected chi connectivity index (χ0v) is 16.7. The van der Waals surface area contributed by atoms with Gasteiger partial charge in [0.1, 0.15) is 5.75 Å². The lowest BCUT2D eigenvalue weighted by Crippen LogP contribution is -2.17. The van der Waals surface area contributed by atoms with Crippen LogP contribution in [0.1, 0.15) is 30.2 Å². The molecule has 0 unspecified atom stereocenters. The molecule has 8 heteroatoms. The summed E-state index contributed by atoms with van der Waals surface area (Å²) in [5.74, 6) is 0.544. The molecule has 28 heavy (non-hydrogen) atoms. The van der Waals surface area contributed by atoms with Crippen LogP contribution in [0.3, 0.4) is 0 Å². The van der Waals surface area contributed by atoms with Gasteiger partial charge in [0.05, 0.1) is 5.52 Å². The molecule has 3 rings (SSSR count). The van der Waals surface area contributed by atoms with E-state index in [1.165, 1.54) is 23.4 Å². The molecule has 0 aliphatic heterocycles. The average molecular weight is 414 g/mol. The topological polar surface area (TPSA) is 39.1 Å². The standard InChI is InChI=1S/C20H22F3N3O.ClH/c1-4-11-26-14(3)13(2)17-9-10-24-19(18(17)26)25-12-15-5-7-16(8-6-15)27-20(21,22)23;/h5-10H,4,11-12H2,1-3H3,(H,24,25);1H. The van der Waals surface area contributed by atoms with Crippen LogP contribution in [0.4, 0.5) is 19.0 Å². The highest BCUT2D eigenvalue weighted by Gasteiger charge is 2.30. The van der Waals surface area contributed by atoms with Gasteiger partial charge in [-0.1, -0.05) is 19.1 Å². The van der Waals surface area contributed by atoms with Crippen LogP contribution in [0.5, 0.6) is 5.75 Å². The number of fused-ring (bicyclic) bond motifs is 1. The summed E-state index contributed by atoms with van der Waals surface area (Å²) >= 11 is 0. The van der Waals surface area contributed by atoms with E-state index in [0.717, 1.165) is 35.2 Å². The monoisotopic (exact) mass is 413 g/mol. The number of rotatable bonds is 6. The van der Waals surface area contributed by atoms with E-state index in [-0.39, 0.29) is 18.2 Å². The van der Waals surface area contributed by atoms with E-state index in [4.69, 9.17) is 0 Å². The van der Waals surface area contributed by atoms with Crippen LogP contribution in [0.15, 0.2) is 36.5 Å². The van der Waals surface area contributed by atoms with Gasteiger partial charge in [0.2, 0.25) is 0 Å². The molecule has 0 radical (unpaired) electrons. The Morgan fingerprint density at radius 3 is 2.39 bits per heavy atom. The summed E-state index contributed by atoms with van der Waals surface area (Å²) in [5.41, 5.74) is 4.35. The highest BCUT2D eigenvalue weighted by Crippen LogP contribution is 2.30. The molecule has 4 nitrogen and oxygen atoms in total. The first-order chi connectivity index (χ1) is 12.8. The van der Waals surface area contributed by atoms with Crippen molar-refractivity contribution in [3.05, 3.63) is 53.3 Å². The molecule has 0 bridgehead atoms. The lowest BCUT2D eigenvalue weighted by Gasteiger charge is -2.12. The van der Waals surface area contributed by atoms with Crippen LogP contribution in [0.25, 0.3) is 10.9 Å². The Morgan fingerprint density at radius 2 is 1.79 bits per heavy atom. The lowest BCUT2D eigenvalue weighted by atomic mass is 10.2. The van der Waals surface area contributed by atoms with Gasteiger partial charge in [0.25, 0.3) is 0 Å². The van der Waals surface area contributed by atoms with E-state index in [0.29, 0.717) is 6.54 Å². The molecule has 2 heterocycles. The number of ether oxygens (including phenoxy) is 1. The number of nitrogens with zero attached hydrogens (tertiary/aromatic N) is 2. The van der Waals surface area contributed by atoms with E-state index < -0.39 is 6.36 Å².